The van der Waals surface area contributed by atoms with Crippen LogP contribution in [-0.2, 0) is 9.59 Å². The van der Waals surface area contributed by atoms with E-state index in [0.29, 0.717) is 23.8 Å². The van der Waals surface area contributed by atoms with E-state index < -0.39 is 11.9 Å². The third-order valence-corrected chi connectivity index (χ3v) is 4.65. The normalized spacial score (nSPS) is 21.0. The molecule has 1 amide bonds. The van der Waals surface area contributed by atoms with Gasteiger partial charge in [-0.05, 0) is 25.5 Å². The predicted molar refractivity (Wildman–Crippen MR) is 70.1 cm³/mol. The van der Waals surface area contributed by atoms with Gasteiger partial charge in [0.1, 0.15) is 0 Å². The Kier molecular flexibility index (Phi) is 3.92. The van der Waals surface area contributed by atoms with Crippen molar-refractivity contribution in [3.63, 3.8) is 0 Å². The van der Waals surface area contributed by atoms with Gasteiger partial charge in [0.05, 0.1) is 16.2 Å². The molecule has 0 aliphatic carbocycles. The van der Waals surface area contributed by atoms with Crippen LogP contribution in [0.15, 0.2) is 12.1 Å². The highest BCUT2D eigenvalue weighted by Gasteiger charge is 2.33. The van der Waals surface area contributed by atoms with Crippen molar-refractivity contribution in [2.24, 2.45) is 5.92 Å². The van der Waals surface area contributed by atoms with Crippen LogP contribution in [0.2, 0.25) is 4.34 Å². The average molecular weight is 288 g/mol. The number of carbonyl (C=O) groups excluding carboxylic acids is 1. The number of amides is 1. The van der Waals surface area contributed by atoms with Gasteiger partial charge in [0.2, 0.25) is 5.91 Å². The molecular weight excluding hydrogens is 274 g/mol. The number of thiophene rings is 1. The van der Waals surface area contributed by atoms with Crippen molar-refractivity contribution in [3.05, 3.63) is 21.3 Å². The molecule has 98 valence electrons. The molecule has 18 heavy (non-hydrogen) atoms. The first-order valence-corrected chi connectivity index (χ1v) is 6.95. The maximum Gasteiger partial charge on any atom is 0.308 e. The van der Waals surface area contributed by atoms with Crippen LogP contribution in [0.5, 0.6) is 0 Å². The number of carboxylic acid groups (broad SMARTS) is 1. The summed E-state index contributed by atoms with van der Waals surface area (Å²) in [5.41, 5.74) is 0. The first-order valence-electron chi connectivity index (χ1n) is 5.76. The van der Waals surface area contributed by atoms with Gasteiger partial charge < -0.3 is 10.0 Å². The molecule has 2 heterocycles. The van der Waals surface area contributed by atoms with Crippen LogP contribution in [0.3, 0.4) is 0 Å². The third-order valence-electron chi connectivity index (χ3n) is 3.24. The Morgan fingerprint density at radius 3 is 2.78 bits per heavy atom. The van der Waals surface area contributed by atoms with E-state index >= 15 is 0 Å². The lowest BCUT2D eigenvalue weighted by Gasteiger charge is -2.19. The Hall–Kier alpha value is -1.07. The molecule has 0 aromatic carbocycles. The maximum atomic E-state index is 12.2. The van der Waals surface area contributed by atoms with E-state index in [-0.39, 0.29) is 11.8 Å². The highest BCUT2D eigenvalue weighted by atomic mass is 35.5. The van der Waals surface area contributed by atoms with E-state index in [9.17, 15) is 9.59 Å². The van der Waals surface area contributed by atoms with Gasteiger partial charge in [0, 0.05) is 18.0 Å². The van der Waals surface area contributed by atoms with E-state index in [1.54, 1.807) is 11.0 Å². The highest BCUT2D eigenvalue weighted by molar-refractivity contribution is 7.16. The van der Waals surface area contributed by atoms with Crippen LogP contribution in [0.4, 0.5) is 0 Å². The summed E-state index contributed by atoms with van der Waals surface area (Å²) in [6.45, 7) is 2.68. The first kappa shape index (κ1) is 13.4. The SMILES string of the molecule is C[C@H](C(=O)N1CC[C@@H](C(=O)O)C1)c1ccc(Cl)s1. The molecule has 6 heteroatoms. The van der Waals surface area contributed by atoms with Gasteiger partial charge in [-0.2, -0.15) is 0 Å². The van der Waals surface area contributed by atoms with Gasteiger partial charge in [-0.25, -0.2) is 0 Å². The standard InChI is InChI=1S/C12H14ClNO3S/c1-7(9-2-3-10(13)18-9)11(15)14-5-4-8(6-14)12(16)17/h2-3,7-8H,4-6H2,1H3,(H,16,17)/t7-,8+/m0/s1. The topological polar surface area (TPSA) is 57.6 Å². The van der Waals surface area contributed by atoms with Crippen molar-refractivity contribution >= 4 is 34.8 Å². The number of rotatable bonds is 3. The minimum Gasteiger partial charge on any atom is -0.481 e. The number of halogens is 1. The number of likely N-dealkylation sites (tertiary alicyclic amines) is 1. The fourth-order valence-corrected chi connectivity index (χ4v) is 3.22. The minimum absolute atomic E-state index is 0.0164. The molecule has 1 N–H and O–H groups in total. The Morgan fingerprint density at radius 1 is 1.56 bits per heavy atom. The summed E-state index contributed by atoms with van der Waals surface area (Å²) in [6.07, 6.45) is 0.541. The van der Waals surface area contributed by atoms with Crippen LogP contribution < -0.4 is 0 Å². The van der Waals surface area contributed by atoms with Crippen molar-refractivity contribution in [3.8, 4) is 0 Å². The van der Waals surface area contributed by atoms with Crippen LogP contribution in [0, 0.1) is 5.92 Å². The van der Waals surface area contributed by atoms with Crippen LogP contribution >= 0.6 is 22.9 Å². The molecule has 2 rings (SSSR count). The van der Waals surface area contributed by atoms with Crippen molar-refractivity contribution in [1.29, 1.82) is 0 Å². The molecular formula is C12H14ClNO3S. The van der Waals surface area contributed by atoms with Gasteiger partial charge in [-0.15, -0.1) is 11.3 Å². The number of hydrogen-bond acceptors (Lipinski definition) is 3. The van der Waals surface area contributed by atoms with Crippen LogP contribution in [0.25, 0.3) is 0 Å². The maximum absolute atomic E-state index is 12.2. The summed E-state index contributed by atoms with van der Waals surface area (Å²) >= 11 is 7.24. The lowest BCUT2D eigenvalue weighted by molar-refractivity contribution is -0.141. The Bertz CT molecular complexity index is 474. The van der Waals surface area contributed by atoms with Gasteiger partial charge in [0.15, 0.2) is 0 Å². The molecule has 4 nitrogen and oxygen atoms in total. The van der Waals surface area contributed by atoms with Crippen molar-refractivity contribution in [1.82, 2.24) is 4.90 Å². The molecule has 0 spiro atoms. The summed E-state index contributed by atoms with van der Waals surface area (Å²) in [4.78, 5) is 25.6. The summed E-state index contributed by atoms with van der Waals surface area (Å²) in [5, 5.41) is 8.92. The lowest BCUT2D eigenvalue weighted by atomic mass is 10.1. The molecule has 1 saturated heterocycles. The van der Waals surface area contributed by atoms with Gasteiger partial charge >= 0.3 is 5.97 Å². The molecule has 0 bridgehead atoms. The van der Waals surface area contributed by atoms with Crippen molar-refractivity contribution in [2.45, 2.75) is 19.3 Å². The molecule has 1 fully saturated rings. The second-order valence-corrected chi connectivity index (χ2v) is 6.22. The third kappa shape index (κ3) is 2.67. The Labute approximate surface area is 114 Å². The summed E-state index contributed by atoms with van der Waals surface area (Å²) in [7, 11) is 0. The average Bonchev–Trinajstić information content (AvgIpc) is 2.95. The van der Waals surface area contributed by atoms with Crippen LogP contribution in [0.1, 0.15) is 24.1 Å². The minimum atomic E-state index is -0.822. The number of aliphatic carboxylic acids is 1. The number of carbonyl (C=O) groups is 2. The van der Waals surface area contributed by atoms with E-state index in [0.717, 1.165) is 4.88 Å². The zero-order valence-corrected chi connectivity index (χ0v) is 11.5. The Morgan fingerprint density at radius 2 is 2.28 bits per heavy atom. The molecule has 1 aliphatic heterocycles. The quantitative estimate of drug-likeness (QED) is 0.929. The smallest absolute Gasteiger partial charge is 0.308 e. The molecule has 0 unspecified atom stereocenters. The molecule has 0 radical (unpaired) electrons. The number of hydrogen-bond donors (Lipinski definition) is 1. The second-order valence-electron chi connectivity index (χ2n) is 4.47. The van der Waals surface area contributed by atoms with Crippen LogP contribution in [-0.4, -0.2) is 35.0 Å². The summed E-state index contributed by atoms with van der Waals surface area (Å²) in [6, 6.07) is 3.62. The molecule has 1 aliphatic rings. The zero-order chi connectivity index (χ0) is 13.3. The van der Waals surface area contributed by atoms with Crippen molar-refractivity contribution < 1.29 is 14.7 Å². The fraction of sp³-hybridized carbons (Fsp3) is 0.500. The highest BCUT2D eigenvalue weighted by Crippen LogP contribution is 2.30. The first-order chi connectivity index (χ1) is 8.49. The molecule has 0 saturated carbocycles. The summed E-state index contributed by atoms with van der Waals surface area (Å²) < 4.78 is 0.662. The Balaban J connectivity index is 2.02. The molecule has 2 atom stereocenters. The molecule has 1 aromatic heterocycles. The van der Waals surface area contributed by atoms with E-state index in [4.69, 9.17) is 16.7 Å². The monoisotopic (exact) mass is 287 g/mol. The van der Waals surface area contributed by atoms with Crippen molar-refractivity contribution in [2.75, 3.05) is 13.1 Å². The van der Waals surface area contributed by atoms with E-state index in [1.807, 2.05) is 13.0 Å². The summed E-state index contributed by atoms with van der Waals surface area (Å²) in [5.74, 6) is -1.52. The lowest BCUT2D eigenvalue weighted by Crippen LogP contribution is -2.32. The second kappa shape index (κ2) is 5.28. The predicted octanol–water partition coefficient (Wildman–Crippen LogP) is 2.44. The zero-order valence-electron chi connectivity index (χ0n) is 9.93. The van der Waals surface area contributed by atoms with E-state index in [1.165, 1.54) is 11.3 Å². The number of nitrogens with zero attached hydrogens (tertiary/aromatic N) is 1. The van der Waals surface area contributed by atoms with Gasteiger partial charge in [-0.1, -0.05) is 11.6 Å². The van der Waals surface area contributed by atoms with E-state index in [2.05, 4.69) is 0 Å². The fourth-order valence-electron chi connectivity index (χ4n) is 2.12. The molecule has 1 aromatic rings. The number of carboxylic acids is 1. The van der Waals surface area contributed by atoms with Gasteiger partial charge in [-0.3, -0.25) is 9.59 Å². The largest absolute Gasteiger partial charge is 0.481 e. The van der Waals surface area contributed by atoms with Gasteiger partial charge in [0.25, 0.3) is 0 Å².